The highest BCUT2D eigenvalue weighted by molar-refractivity contribution is 6.32. The van der Waals surface area contributed by atoms with E-state index < -0.39 is 5.92 Å². The molecule has 172 valence electrons. The number of methoxy groups -OCH3 is 2. The fourth-order valence-corrected chi connectivity index (χ4v) is 5.51. The van der Waals surface area contributed by atoms with Crippen molar-refractivity contribution >= 4 is 23.2 Å². The van der Waals surface area contributed by atoms with Gasteiger partial charge < -0.3 is 19.1 Å². The summed E-state index contributed by atoms with van der Waals surface area (Å²) in [7, 11) is 3.22. The molecule has 0 spiro atoms. The minimum atomic E-state index is -0.429. The van der Waals surface area contributed by atoms with E-state index >= 15 is 0 Å². The van der Waals surface area contributed by atoms with Crippen LogP contribution in [0.3, 0.4) is 0 Å². The van der Waals surface area contributed by atoms with Crippen molar-refractivity contribution in [1.29, 1.82) is 0 Å². The van der Waals surface area contributed by atoms with Crippen molar-refractivity contribution in [3.63, 3.8) is 0 Å². The Hall–Kier alpha value is -2.31. The molecule has 0 radical (unpaired) electrons. The zero-order chi connectivity index (χ0) is 22.8. The van der Waals surface area contributed by atoms with Gasteiger partial charge in [0.15, 0.2) is 23.1 Å². The summed E-state index contributed by atoms with van der Waals surface area (Å²) in [6.45, 7) is 3.51. The number of hydrogen-bond donors (Lipinski definition) is 0. The van der Waals surface area contributed by atoms with Crippen LogP contribution in [0.2, 0.25) is 5.02 Å². The predicted octanol–water partition coefficient (Wildman–Crippen LogP) is 4.81. The number of hydrogen-bond acceptors (Lipinski definition) is 6. The highest BCUT2D eigenvalue weighted by atomic mass is 35.5. The van der Waals surface area contributed by atoms with Gasteiger partial charge in [0.25, 0.3) is 0 Å². The highest BCUT2D eigenvalue weighted by Gasteiger charge is 2.43. The standard InChI is InChI=1S/C25H30ClNO5/c1-4-32-21-14-15(13-16(26)25(21)31-3)22-23-17(7-5-9-19(23)28)27(11-12-30-2)18-8-6-10-20(29)24(18)22/h13-14,22H,4-12H2,1-3H3. The Balaban J connectivity index is 1.94. The maximum Gasteiger partial charge on any atom is 0.179 e. The number of Topliss-reactive ketones (excluding diaryl/α,β-unsaturated/α-hetero) is 2. The molecular formula is C25H30ClNO5. The first kappa shape index (κ1) is 22.9. The fraction of sp³-hybridized carbons (Fsp3) is 0.520. The lowest BCUT2D eigenvalue weighted by Crippen LogP contribution is -2.40. The van der Waals surface area contributed by atoms with E-state index in [0.29, 0.717) is 49.1 Å². The number of rotatable bonds is 7. The van der Waals surface area contributed by atoms with E-state index in [4.69, 9.17) is 25.8 Å². The molecule has 6 nitrogen and oxygen atoms in total. The third-order valence-corrected chi connectivity index (χ3v) is 6.76. The summed E-state index contributed by atoms with van der Waals surface area (Å²) in [5.41, 5.74) is 4.31. The predicted molar refractivity (Wildman–Crippen MR) is 122 cm³/mol. The quantitative estimate of drug-likeness (QED) is 0.583. The normalized spacial score (nSPS) is 19.3. The van der Waals surface area contributed by atoms with Gasteiger partial charge in [-0.1, -0.05) is 11.6 Å². The third kappa shape index (κ3) is 3.95. The lowest BCUT2D eigenvalue weighted by atomic mass is 9.71. The summed E-state index contributed by atoms with van der Waals surface area (Å²) >= 11 is 6.58. The summed E-state index contributed by atoms with van der Waals surface area (Å²) in [4.78, 5) is 28.8. The smallest absolute Gasteiger partial charge is 0.179 e. The van der Waals surface area contributed by atoms with Gasteiger partial charge in [-0.3, -0.25) is 9.59 Å². The first-order chi connectivity index (χ1) is 15.5. The topological polar surface area (TPSA) is 65.1 Å². The maximum absolute atomic E-state index is 13.3. The van der Waals surface area contributed by atoms with Crippen LogP contribution in [0, 0.1) is 0 Å². The van der Waals surface area contributed by atoms with Crippen LogP contribution in [0.4, 0.5) is 0 Å². The molecule has 0 atom stereocenters. The van der Waals surface area contributed by atoms with Gasteiger partial charge in [-0.15, -0.1) is 0 Å². The molecule has 32 heavy (non-hydrogen) atoms. The monoisotopic (exact) mass is 459 g/mol. The minimum absolute atomic E-state index is 0.105. The average Bonchev–Trinajstić information content (AvgIpc) is 2.77. The first-order valence-corrected chi connectivity index (χ1v) is 11.7. The highest BCUT2D eigenvalue weighted by Crippen LogP contribution is 2.51. The third-order valence-electron chi connectivity index (χ3n) is 6.47. The van der Waals surface area contributed by atoms with Gasteiger partial charge in [-0.25, -0.2) is 0 Å². The number of ketones is 2. The number of ether oxygens (including phenoxy) is 3. The second-order valence-electron chi connectivity index (χ2n) is 8.32. The van der Waals surface area contributed by atoms with Crippen LogP contribution >= 0.6 is 11.6 Å². The van der Waals surface area contributed by atoms with E-state index in [2.05, 4.69) is 4.90 Å². The fourth-order valence-electron chi connectivity index (χ4n) is 5.22. The zero-order valence-electron chi connectivity index (χ0n) is 19.0. The first-order valence-electron chi connectivity index (χ1n) is 11.3. The van der Waals surface area contributed by atoms with Crippen LogP contribution in [0.25, 0.3) is 0 Å². The molecule has 0 amide bonds. The van der Waals surface area contributed by atoms with Gasteiger partial charge in [0.2, 0.25) is 0 Å². The van der Waals surface area contributed by atoms with E-state index in [9.17, 15) is 9.59 Å². The van der Waals surface area contributed by atoms with Crippen molar-refractivity contribution in [1.82, 2.24) is 4.90 Å². The molecule has 0 fully saturated rings. The van der Waals surface area contributed by atoms with Gasteiger partial charge in [0.05, 0.1) is 25.3 Å². The van der Waals surface area contributed by atoms with E-state index in [-0.39, 0.29) is 11.6 Å². The molecule has 2 aliphatic carbocycles. The number of carbonyl (C=O) groups is 2. The second-order valence-corrected chi connectivity index (χ2v) is 8.73. The van der Waals surface area contributed by atoms with Crippen LogP contribution in [0.1, 0.15) is 56.9 Å². The Morgan fingerprint density at radius 2 is 1.62 bits per heavy atom. The Bertz CT molecular complexity index is 952. The summed E-state index contributed by atoms with van der Waals surface area (Å²) in [5, 5.41) is 0.408. The Labute approximate surface area is 194 Å². The molecule has 0 bridgehead atoms. The van der Waals surface area contributed by atoms with Gasteiger partial charge in [-0.2, -0.15) is 0 Å². The molecule has 0 saturated carbocycles. The van der Waals surface area contributed by atoms with E-state index in [0.717, 1.165) is 53.8 Å². The van der Waals surface area contributed by atoms with Crippen LogP contribution < -0.4 is 9.47 Å². The molecular weight excluding hydrogens is 430 g/mol. The van der Waals surface area contributed by atoms with Crippen molar-refractivity contribution in [3.05, 3.63) is 45.3 Å². The van der Waals surface area contributed by atoms with Gasteiger partial charge in [-0.05, 0) is 50.3 Å². The van der Waals surface area contributed by atoms with Crippen LogP contribution in [-0.2, 0) is 14.3 Å². The van der Waals surface area contributed by atoms with E-state index in [1.165, 1.54) is 0 Å². The summed E-state index contributed by atoms with van der Waals surface area (Å²) in [6, 6.07) is 3.69. The van der Waals surface area contributed by atoms with E-state index in [1.807, 2.05) is 19.1 Å². The number of benzene rings is 1. The zero-order valence-corrected chi connectivity index (χ0v) is 19.7. The molecule has 0 aromatic heterocycles. The summed E-state index contributed by atoms with van der Waals surface area (Å²) < 4.78 is 16.6. The molecule has 0 saturated heterocycles. The lowest BCUT2D eigenvalue weighted by Gasteiger charge is -2.44. The molecule has 0 N–H and O–H groups in total. The largest absolute Gasteiger partial charge is 0.491 e. The van der Waals surface area contributed by atoms with Crippen LogP contribution in [0.15, 0.2) is 34.7 Å². The van der Waals surface area contributed by atoms with Crippen LogP contribution in [0.5, 0.6) is 11.5 Å². The van der Waals surface area contributed by atoms with Crippen molar-refractivity contribution < 1.29 is 23.8 Å². The molecule has 1 heterocycles. The summed E-state index contributed by atoms with van der Waals surface area (Å²) in [6.07, 6.45) is 4.25. The maximum atomic E-state index is 13.3. The van der Waals surface area contributed by atoms with E-state index in [1.54, 1.807) is 14.2 Å². The van der Waals surface area contributed by atoms with Gasteiger partial charge in [0.1, 0.15) is 0 Å². The van der Waals surface area contributed by atoms with Crippen molar-refractivity contribution in [2.24, 2.45) is 0 Å². The minimum Gasteiger partial charge on any atom is -0.491 e. The van der Waals surface area contributed by atoms with Crippen molar-refractivity contribution in [3.8, 4) is 11.5 Å². The molecule has 4 rings (SSSR count). The molecule has 1 aromatic carbocycles. The molecule has 1 aromatic rings. The Kier molecular flexibility index (Phi) is 6.91. The van der Waals surface area contributed by atoms with Gasteiger partial charge in [0, 0.05) is 55.0 Å². The molecule has 0 unspecified atom stereocenters. The lowest BCUT2D eigenvalue weighted by molar-refractivity contribution is -0.117. The summed E-state index contributed by atoms with van der Waals surface area (Å²) in [5.74, 6) is 0.766. The number of carbonyl (C=O) groups excluding carboxylic acids is 2. The Morgan fingerprint density at radius 3 is 2.16 bits per heavy atom. The molecule has 7 heteroatoms. The number of halogens is 1. The Morgan fingerprint density at radius 1 is 1.00 bits per heavy atom. The van der Waals surface area contributed by atoms with Crippen molar-refractivity contribution in [2.45, 2.75) is 51.4 Å². The molecule has 3 aliphatic rings. The second kappa shape index (κ2) is 9.67. The SMILES string of the molecule is CCOc1cc(C2C3=C(CCCC3=O)N(CCOC)C3=C2C(=O)CCC3)cc(Cl)c1OC. The number of nitrogens with zero attached hydrogens (tertiary/aromatic N) is 1. The van der Waals surface area contributed by atoms with Crippen LogP contribution in [-0.4, -0.2) is 50.4 Å². The average molecular weight is 460 g/mol. The van der Waals surface area contributed by atoms with Crippen molar-refractivity contribution in [2.75, 3.05) is 34.0 Å². The number of allylic oxidation sites excluding steroid dienone is 4. The molecule has 1 aliphatic heterocycles. The van der Waals surface area contributed by atoms with Gasteiger partial charge >= 0.3 is 0 Å².